The summed E-state index contributed by atoms with van der Waals surface area (Å²) in [6.07, 6.45) is 2.22. The first-order valence-corrected chi connectivity index (χ1v) is 14.1. The first-order valence-electron chi connectivity index (χ1n) is 12.3. The molecule has 0 radical (unpaired) electrons. The average Bonchev–Trinajstić information content (AvgIpc) is 2.85. The normalized spacial score (nSPS) is 12.2. The molecular weight excluding hydrogens is 478 g/mol. The highest BCUT2D eigenvalue weighted by Gasteiger charge is 2.31. The zero-order valence-electron chi connectivity index (χ0n) is 22.2. The van der Waals surface area contributed by atoms with E-state index in [1.165, 1.54) is 4.90 Å². The van der Waals surface area contributed by atoms with Crippen LogP contribution in [0.3, 0.4) is 0 Å². The predicted octanol–water partition coefficient (Wildman–Crippen LogP) is 3.92. The Bertz CT molecular complexity index is 1120. The molecule has 0 aliphatic carbocycles. The number of sulfonamides is 1. The van der Waals surface area contributed by atoms with Crippen molar-refractivity contribution in [1.82, 2.24) is 10.2 Å². The maximum Gasteiger partial charge on any atom is 0.244 e. The second-order valence-electron chi connectivity index (χ2n) is 9.10. The van der Waals surface area contributed by atoms with Crippen LogP contribution in [0.15, 0.2) is 48.5 Å². The van der Waals surface area contributed by atoms with Gasteiger partial charge in [-0.05, 0) is 54.2 Å². The van der Waals surface area contributed by atoms with Gasteiger partial charge in [-0.25, -0.2) is 8.42 Å². The number of methoxy groups -OCH3 is 1. The maximum atomic E-state index is 13.7. The van der Waals surface area contributed by atoms with Crippen molar-refractivity contribution in [2.24, 2.45) is 0 Å². The Kier molecular flexibility index (Phi) is 10.8. The number of nitrogens with one attached hydrogen (secondary N) is 1. The van der Waals surface area contributed by atoms with E-state index in [2.05, 4.69) is 19.2 Å². The molecule has 2 amide bonds. The molecule has 0 bridgehead atoms. The third-order valence-electron chi connectivity index (χ3n) is 5.95. The van der Waals surface area contributed by atoms with Gasteiger partial charge in [0, 0.05) is 13.1 Å². The van der Waals surface area contributed by atoms with E-state index in [4.69, 9.17) is 4.74 Å². The quantitative estimate of drug-likeness (QED) is 0.435. The number of hydrogen-bond acceptors (Lipinski definition) is 5. The lowest BCUT2D eigenvalue weighted by molar-refractivity contribution is -0.140. The van der Waals surface area contributed by atoms with Gasteiger partial charge in [-0.1, -0.05) is 52.0 Å². The van der Waals surface area contributed by atoms with Crippen molar-refractivity contribution in [3.8, 4) is 5.75 Å². The molecule has 36 heavy (non-hydrogen) atoms. The number of benzene rings is 2. The number of amides is 2. The van der Waals surface area contributed by atoms with Gasteiger partial charge in [-0.2, -0.15) is 0 Å². The van der Waals surface area contributed by atoms with Gasteiger partial charge < -0.3 is 15.0 Å². The van der Waals surface area contributed by atoms with Gasteiger partial charge in [0.1, 0.15) is 18.3 Å². The number of anilines is 1. The summed E-state index contributed by atoms with van der Waals surface area (Å²) in [4.78, 5) is 28.1. The second kappa shape index (κ2) is 13.3. The van der Waals surface area contributed by atoms with Gasteiger partial charge in [0.25, 0.3) is 0 Å². The predicted molar refractivity (Wildman–Crippen MR) is 144 cm³/mol. The van der Waals surface area contributed by atoms with Gasteiger partial charge in [-0.3, -0.25) is 13.9 Å². The lowest BCUT2D eigenvalue weighted by Gasteiger charge is -2.33. The Balaban J connectivity index is 2.43. The zero-order valence-corrected chi connectivity index (χ0v) is 23.0. The number of carbonyl (C=O) groups excluding carboxylic acids is 2. The number of nitrogens with zero attached hydrogens (tertiary/aromatic N) is 2. The highest BCUT2D eigenvalue weighted by atomic mass is 32.2. The summed E-state index contributed by atoms with van der Waals surface area (Å²) in [5.74, 6) is 0.196. The molecule has 0 aromatic heterocycles. The van der Waals surface area contributed by atoms with Gasteiger partial charge in [0.2, 0.25) is 21.8 Å². The highest BCUT2D eigenvalue weighted by Crippen LogP contribution is 2.23. The first kappa shape index (κ1) is 29.2. The number of hydrogen-bond donors (Lipinski definition) is 1. The molecule has 0 saturated carbocycles. The third-order valence-corrected chi connectivity index (χ3v) is 7.09. The summed E-state index contributed by atoms with van der Waals surface area (Å²) in [5, 5.41) is 2.87. The molecule has 0 unspecified atom stereocenters. The van der Waals surface area contributed by atoms with E-state index in [-0.39, 0.29) is 18.4 Å². The fraction of sp³-hybridized carbons (Fsp3) is 0.481. The van der Waals surface area contributed by atoms with Crippen LogP contribution < -0.4 is 14.4 Å². The molecular formula is C27H39N3O5S. The fourth-order valence-electron chi connectivity index (χ4n) is 3.89. The Hall–Kier alpha value is -3.07. The monoisotopic (exact) mass is 517 g/mol. The van der Waals surface area contributed by atoms with E-state index >= 15 is 0 Å². The van der Waals surface area contributed by atoms with Crippen LogP contribution >= 0.6 is 0 Å². The van der Waals surface area contributed by atoms with Crippen molar-refractivity contribution in [2.75, 3.05) is 30.8 Å². The largest absolute Gasteiger partial charge is 0.497 e. The average molecular weight is 518 g/mol. The molecule has 0 heterocycles. The molecule has 2 aromatic rings. The molecule has 8 nitrogen and oxygen atoms in total. The van der Waals surface area contributed by atoms with E-state index in [9.17, 15) is 18.0 Å². The summed E-state index contributed by atoms with van der Waals surface area (Å²) >= 11 is 0. The van der Waals surface area contributed by atoms with Gasteiger partial charge in [-0.15, -0.1) is 0 Å². The van der Waals surface area contributed by atoms with Crippen molar-refractivity contribution >= 4 is 27.5 Å². The summed E-state index contributed by atoms with van der Waals surface area (Å²) in [6, 6.07) is 13.7. The van der Waals surface area contributed by atoms with Crippen LogP contribution in [0.2, 0.25) is 0 Å². The molecule has 198 valence electrons. The smallest absolute Gasteiger partial charge is 0.244 e. The van der Waals surface area contributed by atoms with Crippen molar-refractivity contribution in [1.29, 1.82) is 0 Å². The van der Waals surface area contributed by atoms with E-state index in [0.29, 0.717) is 24.4 Å². The maximum absolute atomic E-state index is 13.7. The summed E-state index contributed by atoms with van der Waals surface area (Å²) in [5.41, 5.74) is 2.24. The lowest BCUT2D eigenvalue weighted by Crippen LogP contribution is -2.52. The lowest BCUT2D eigenvalue weighted by atomic mass is 10.0. The Labute approximate surface area is 215 Å². The van der Waals surface area contributed by atoms with Crippen LogP contribution in [0, 0.1) is 0 Å². The summed E-state index contributed by atoms with van der Waals surface area (Å²) in [7, 11) is -2.21. The Morgan fingerprint density at radius 2 is 1.72 bits per heavy atom. The molecule has 0 saturated heterocycles. The molecule has 0 fully saturated rings. The molecule has 1 N–H and O–H groups in total. The molecule has 1 atom stereocenters. The molecule has 2 rings (SSSR count). The van der Waals surface area contributed by atoms with E-state index < -0.39 is 28.5 Å². The first-order chi connectivity index (χ1) is 17.0. The van der Waals surface area contributed by atoms with Crippen molar-refractivity contribution in [2.45, 2.75) is 59.0 Å². The summed E-state index contributed by atoms with van der Waals surface area (Å²) < 4.78 is 31.8. The second-order valence-corrected chi connectivity index (χ2v) is 11.0. The van der Waals surface area contributed by atoms with E-state index in [1.807, 2.05) is 38.1 Å². The molecule has 0 aliphatic heterocycles. The molecule has 0 spiro atoms. The third kappa shape index (κ3) is 7.98. The van der Waals surface area contributed by atoms with Gasteiger partial charge in [0.05, 0.1) is 19.1 Å². The van der Waals surface area contributed by atoms with E-state index in [1.54, 1.807) is 31.4 Å². The van der Waals surface area contributed by atoms with E-state index in [0.717, 1.165) is 28.1 Å². The van der Waals surface area contributed by atoms with Crippen molar-refractivity contribution < 1.29 is 22.7 Å². The minimum absolute atomic E-state index is 0.137. The zero-order chi connectivity index (χ0) is 26.9. The summed E-state index contributed by atoms with van der Waals surface area (Å²) in [6.45, 7) is 8.11. The van der Waals surface area contributed by atoms with Gasteiger partial charge in [0.15, 0.2) is 0 Å². The van der Waals surface area contributed by atoms with Crippen LogP contribution in [0.1, 0.15) is 57.6 Å². The standard InChI is InChI=1S/C27H39N3O5S/c1-7-16-28-27(32)25(8-2)29(18-21-10-9-11-24(17-21)35-5)26(31)19-30(36(6,33)34)23-14-12-22(13-15-23)20(3)4/h9-15,17,20,25H,7-8,16,18-19H2,1-6H3,(H,28,32)/t25-/m0/s1. The van der Waals surface area contributed by atoms with Crippen LogP contribution in [0.4, 0.5) is 5.69 Å². The number of ether oxygens (including phenoxy) is 1. The van der Waals surface area contributed by atoms with Crippen LogP contribution in [-0.2, 0) is 26.2 Å². The minimum Gasteiger partial charge on any atom is -0.497 e. The van der Waals surface area contributed by atoms with Crippen LogP contribution in [-0.4, -0.2) is 57.6 Å². The fourth-order valence-corrected chi connectivity index (χ4v) is 4.74. The minimum atomic E-state index is -3.76. The molecule has 2 aromatic carbocycles. The number of carbonyl (C=O) groups is 2. The molecule has 0 aliphatic rings. The van der Waals surface area contributed by atoms with Gasteiger partial charge >= 0.3 is 0 Å². The van der Waals surface area contributed by atoms with Crippen LogP contribution in [0.5, 0.6) is 5.75 Å². The SMILES string of the molecule is CCCNC(=O)[C@H](CC)N(Cc1cccc(OC)c1)C(=O)CN(c1ccc(C(C)C)cc1)S(C)(=O)=O. The Morgan fingerprint density at radius 1 is 1.06 bits per heavy atom. The molecule has 9 heteroatoms. The van der Waals surface area contributed by atoms with Crippen LogP contribution in [0.25, 0.3) is 0 Å². The van der Waals surface area contributed by atoms with Crippen molar-refractivity contribution in [3.63, 3.8) is 0 Å². The highest BCUT2D eigenvalue weighted by molar-refractivity contribution is 7.92. The number of rotatable bonds is 13. The Morgan fingerprint density at radius 3 is 2.25 bits per heavy atom. The van der Waals surface area contributed by atoms with Crippen molar-refractivity contribution in [3.05, 3.63) is 59.7 Å². The topological polar surface area (TPSA) is 96.0 Å².